The number of quaternary nitrogens is 1. The molecule has 1 aliphatic carbocycles. The van der Waals surface area contributed by atoms with Crippen molar-refractivity contribution in [2.45, 2.75) is 51.0 Å². The summed E-state index contributed by atoms with van der Waals surface area (Å²) in [6.45, 7) is 0.763. The number of amides is 3. The molecule has 0 bridgehead atoms. The molecular weight excluding hydrogens is 306 g/mol. The summed E-state index contributed by atoms with van der Waals surface area (Å²) in [5, 5.41) is 2.85. The standard InChI is InChI=1S/C18H23N3O3/c22-16(20-14-8-2-1-3-9-14)18(24)21(12-6-7-13-21)17(23)15-10-4-5-11-19-15/h4-5,10-11,14H,1-3,6-9,12-13H2/p+1. The van der Waals surface area contributed by atoms with Crippen molar-refractivity contribution in [3.8, 4) is 0 Å². The van der Waals surface area contributed by atoms with Crippen LogP contribution in [0.3, 0.4) is 0 Å². The van der Waals surface area contributed by atoms with E-state index in [1.165, 1.54) is 12.6 Å². The van der Waals surface area contributed by atoms with E-state index < -0.39 is 16.3 Å². The minimum atomic E-state index is -0.631. The van der Waals surface area contributed by atoms with Crippen LogP contribution in [0.1, 0.15) is 55.4 Å². The first kappa shape index (κ1) is 16.8. The van der Waals surface area contributed by atoms with Crippen LogP contribution in [0.4, 0.5) is 0 Å². The Balaban J connectivity index is 1.78. The fraction of sp³-hybridized carbons (Fsp3) is 0.556. The summed E-state index contributed by atoms with van der Waals surface area (Å²) in [6, 6.07) is 5.11. The van der Waals surface area contributed by atoms with Crippen LogP contribution in [0.25, 0.3) is 0 Å². The van der Waals surface area contributed by atoms with Crippen LogP contribution in [0.2, 0.25) is 0 Å². The van der Waals surface area contributed by atoms with Gasteiger partial charge in [-0.3, -0.25) is 4.79 Å². The van der Waals surface area contributed by atoms with Crippen LogP contribution in [-0.2, 0) is 9.59 Å². The molecule has 2 aliphatic rings. The molecule has 1 saturated heterocycles. The molecule has 3 rings (SSSR count). The van der Waals surface area contributed by atoms with Gasteiger partial charge in [-0.1, -0.05) is 25.3 Å². The zero-order valence-electron chi connectivity index (χ0n) is 13.9. The van der Waals surface area contributed by atoms with Gasteiger partial charge in [-0.2, -0.15) is 4.48 Å². The smallest absolute Gasteiger partial charge is 0.342 e. The summed E-state index contributed by atoms with van der Waals surface area (Å²) in [5.74, 6) is -1.61. The molecule has 1 aromatic heterocycles. The Morgan fingerprint density at radius 1 is 1.00 bits per heavy atom. The molecule has 2 fully saturated rings. The third kappa shape index (κ3) is 3.24. The number of likely N-dealkylation sites (tertiary alicyclic amines) is 1. The Bertz CT molecular complexity index is 618. The predicted octanol–water partition coefficient (Wildman–Crippen LogP) is 1.81. The van der Waals surface area contributed by atoms with E-state index in [4.69, 9.17) is 0 Å². The average molecular weight is 330 g/mol. The average Bonchev–Trinajstić information content (AvgIpc) is 3.13. The van der Waals surface area contributed by atoms with E-state index >= 15 is 0 Å². The van der Waals surface area contributed by atoms with E-state index in [0.717, 1.165) is 38.5 Å². The van der Waals surface area contributed by atoms with Gasteiger partial charge in [0.25, 0.3) is 0 Å². The number of carbonyl (C=O) groups is 3. The van der Waals surface area contributed by atoms with Crippen LogP contribution < -0.4 is 5.32 Å². The number of imide groups is 1. The Morgan fingerprint density at radius 2 is 1.71 bits per heavy atom. The normalized spacial score (nSPS) is 20.5. The zero-order chi connectivity index (χ0) is 17.0. The molecule has 0 spiro atoms. The third-order valence-corrected chi connectivity index (χ3v) is 5.13. The first-order chi connectivity index (χ1) is 11.6. The molecule has 2 heterocycles. The molecule has 1 saturated carbocycles. The van der Waals surface area contributed by atoms with Crippen LogP contribution in [-0.4, -0.2) is 46.3 Å². The molecule has 1 aromatic rings. The van der Waals surface area contributed by atoms with Crippen LogP contribution in [0.5, 0.6) is 0 Å². The maximum Gasteiger partial charge on any atom is 0.411 e. The minimum Gasteiger partial charge on any atom is -0.342 e. The molecule has 1 aliphatic heterocycles. The molecule has 0 radical (unpaired) electrons. The van der Waals surface area contributed by atoms with Crippen molar-refractivity contribution in [1.82, 2.24) is 10.3 Å². The summed E-state index contributed by atoms with van der Waals surface area (Å²) in [5.41, 5.74) is 0.248. The highest BCUT2D eigenvalue weighted by molar-refractivity contribution is 6.34. The SMILES string of the molecule is O=C(NC1CCCCC1)C(=O)[N+]1(C(=O)c2ccccn2)CCCC1. The number of carbonyl (C=O) groups excluding carboxylic acids is 3. The van der Waals surface area contributed by atoms with E-state index in [-0.39, 0.29) is 17.6 Å². The van der Waals surface area contributed by atoms with E-state index in [9.17, 15) is 14.4 Å². The van der Waals surface area contributed by atoms with Gasteiger partial charge in [0, 0.05) is 25.1 Å². The van der Waals surface area contributed by atoms with Crippen molar-refractivity contribution >= 4 is 17.7 Å². The van der Waals surface area contributed by atoms with Crippen LogP contribution >= 0.6 is 0 Å². The van der Waals surface area contributed by atoms with Gasteiger partial charge in [0.05, 0.1) is 13.1 Å². The second-order valence-electron chi connectivity index (χ2n) is 6.76. The second-order valence-corrected chi connectivity index (χ2v) is 6.76. The highest BCUT2D eigenvalue weighted by Crippen LogP contribution is 2.24. The fourth-order valence-corrected chi connectivity index (χ4v) is 3.77. The van der Waals surface area contributed by atoms with Gasteiger partial charge >= 0.3 is 17.7 Å². The quantitative estimate of drug-likeness (QED) is 0.663. The summed E-state index contributed by atoms with van der Waals surface area (Å²) < 4.78 is -0.421. The lowest BCUT2D eigenvalue weighted by Crippen LogP contribution is -2.60. The number of aromatic nitrogens is 1. The molecule has 1 N–H and O–H groups in total. The molecule has 6 nitrogen and oxygen atoms in total. The number of pyridine rings is 1. The fourth-order valence-electron chi connectivity index (χ4n) is 3.77. The van der Waals surface area contributed by atoms with Crippen molar-refractivity contribution in [2.24, 2.45) is 0 Å². The largest absolute Gasteiger partial charge is 0.411 e. The first-order valence-corrected chi connectivity index (χ1v) is 8.82. The molecule has 24 heavy (non-hydrogen) atoms. The Morgan fingerprint density at radius 3 is 2.33 bits per heavy atom. The monoisotopic (exact) mass is 330 g/mol. The Hall–Kier alpha value is -2.08. The van der Waals surface area contributed by atoms with Gasteiger partial charge in [0.2, 0.25) is 0 Å². The van der Waals surface area contributed by atoms with Gasteiger partial charge in [-0.15, -0.1) is 0 Å². The molecule has 6 heteroatoms. The van der Waals surface area contributed by atoms with Crippen LogP contribution in [0.15, 0.2) is 24.4 Å². The zero-order valence-corrected chi connectivity index (χ0v) is 13.9. The van der Waals surface area contributed by atoms with Crippen molar-refractivity contribution in [3.63, 3.8) is 0 Å². The molecular formula is C18H24N3O3+. The first-order valence-electron chi connectivity index (χ1n) is 8.82. The van der Waals surface area contributed by atoms with E-state index in [2.05, 4.69) is 10.3 Å². The van der Waals surface area contributed by atoms with Gasteiger partial charge in [0.1, 0.15) is 0 Å². The van der Waals surface area contributed by atoms with Gasteiger partial charge < -0.3 is 5.32 Å². The van der Waals surface area contributed by atoms with Crippen molar-refractivity contribution in [1.29, 1.82) is 0 Å². The maximum absolute atomic E-state index is 12.9. The highest BCUT2D eigenvalue weighted by Gasteiger charge is 2.51. The van der Waals surface area contributed by atoms with E-state index in [1.807, 2.05) is 0 Å². The summed E-state index contributed by atoms with van der Waals surface area (Å²) >= 11 is 0. The van der Waals surface area contributed by atoms with Gasteiger partial charge in [-0.05, 0) is 25.0 Å². The van der Waals surface area contributed by atoms with E-state index in [0.29, 0.717) is 13.1 Å². The number of rotatable bonds is 2. The summed E-state index contributed by atoms with van der Waals surface area (Å²) in [6.07, 6.45) is 8.21. The van der Waals surface area contributed by atoms with Gasteiger partial charge in [-0.25, -0.2) is 14.6 Å². The minimum absolute atomic E-state index is 0.0582. The molecule has 0 unspecified atom stereocenters. The number of hydrogen-bond acceptors (Lipinski definition) is 4. The van der Waals surface area contributed by atoms with Gasteiger partial charge in [0.15, 0.2) is 5.69 Å². The summed E-state index contributed by atoms with van der Waals surface area (Å²) in [4.78, 5) is 42.4. The summed E-state index contributed by atoms with van der Waals surface area (Å²) in [7, 11) is 0. The number of hydrogen-bond donors (Lipinski definition) is 1. The maximum atomic E-state index is 12.9. The molecule has 0 atom stereocenters. The number of nitrogens with zero attached hydrogens (tertiary/aromatic N) is 2. The van der Waals surface area contributed by atoms with Crippen LogP contribution in [0, 0.1) is 0 Å². The van der Waals surface area contributed by atoms with Crippen molar-refractivity contribution in [2.75, 3.05) is 13.1 Å². The lowest BCUT2D eigenvalue weighted by atomic mass is 9.95. The lowest BCUT2D eigenvalue weighted by molar-refractivity contribution is -0.755. The topological polar surface area (TPSA) is 76.1 Å². The number of nitrogens with one attached hydrogen (secondary N) is 1. The predicted molar refractivity (Wildman–Crippen MR) is 87.8 cm³/mol. The highest BCUT2D eigenvalue weighted by atomic mass is 16.2. The van der Waals surface area contributed by atoms with Crippen molar-refractivity contribution in [3.05, 3.63) is 30.1 Å². The molecule has 3 amide bonds. The molecule has 128 valence electrons. The van der Waals surface area contributed by atoms with Crippen molar-refractivity contribution < 1.29 is 18.9 Å². The Kier molecular flexibility index (Phi) is 5.04. The Labute approximate surface area is 141 Å². The third-order valence-electron chi connectivity index (χ3n) is 5.13. The lowest BCUT2D eigenvalue weighted by Gasteiger charge is -2.28. The van der Waals surface area contributed by atoms with E-state index in [1.54, 1.807) is 18.2 Å². The second kappa shape index (κ2) is 7.21. The molecule has 0 aromatic carbocycles.